The number of ether oxygens (including phenoxy) is 1. The second-order valence-corrected chi connectivity index (χ2v) is 7.59. The summed E-state index contributed by atoms with van der Waals surface area (Å²) >= 11 is 0. The van der Waals surface area contributed by atoms with Gasteiger partial charge in [-0.05, 0) is 41.8 Å². The lowest BCUT2D eigenvalue weighted by atomic mass is 10.0. The first-order valence-electron chi connectivity index (χ1n) is 9.96. The summed E-state index contributed by atoms with van der Waals surface area (Å²) in [7, 11) is 1.52. The maximum Gasteiger partial charge on any atom is 0.166 e. The van der Waals surface area contributed by atoms with Gasteiger partial charge in [-0.1, -0.05) is 26.0 Å². The molecular formula is C24H22F2N4O. The van der Waals surface area contributed by atoms with E-state index in [0.717, 1.165) is 11.6 Å². The Kier molecular flexibility index (Phi) is 5.75. The van der Waals surface area contributed by atoms with Crippen LogP contribution in [0.1, 0.15) is 13.8 Å². The van der Waals surface area contributed by atoms with Crippen LogP contribution in [-0.2, 0) is 0 Å². The van der Waals surface area contributed by atoms with Gasteiger partial charge in [0.05, 0.1) is 7.11 Å². The van der Waals surface area contributed by atoms with Crippen LogP contribution in [0.4, 0.5) is 14.6 Å². The smallest absolute Gasteiger partial charge is 0.166 e. The highest BCUT2D eigenvalue weighted by Gasteiger charge is 2.18. The standard InChI is InChI=1S/C24H22F2N4O/c1-14(2)12-28-24-18-10-16(17-7-4-8-19(25)21(17)26)11-20(31-3)22(18)29-23(30-24)15-6-5-9-27-13-15/h4-11,13-14H,12H2,1-3H3,(H,28,29,30). The molecule has 0 aliphatic rings. The summed E-state index contributed by atoms with van der Waals surface area (Å²) in [6.07, 6.45) is 3.37. The van der Waals surface area contributed by atoms with Gasteiger partial charge in [0.2, 0.25) is 0 Å². The highest BCUT2D eigenvalue weighted by atomic mass is 19.2. The monoisotopic (exact) mass is 420 g/mol. The Balaban J connectivity index is 1.97. The summed E-state index contributed by atoms with van der Waals surface area (Å²) in [5.41, 5.74) is 1.96. The summed E-state index contributed by atoms with van der Waals surface area (Å²) in [5, 5.41) is 4.02. The van der Waals surface area contributed by atoms with Crippen LogP contribution < -0.4 is 10.1 Å². The molecule has 4 aromatic rings. The summed E-state index contributed by atoms with van der Waals surface area (Å²) in [6.45, 7) is 4.86. The SMILES string of the molecule is COc1cc(-c2cccc(F)c2F)cc2c(NCC(C)C)nc(-c3cccnc3)nc12. The van der Waals surface area contributed by atoms with Crippen LogP contribution in [0.5, 0.6) is 5.75 Å². The molecule has 2 aromatic heterocycles. The van der Waals surface area contributed by atoms with Crippen LogP contribution in [0, 0.1) is 17.6 Å². The van der Waals surface area contributed by atoms with E-state index in [1.807, 2.05) is 12.1 Å². The van der Waals surface area contributed by atoms with E-state index in [-0.39, 0.29) is 5.56 Å². The molecule has 31 heavy (non-hydrogen) atoms. The normalized spacial score (nSPS) is 11.2. The molecule has 0 radical (unpaired) electrons. The molecule has 2 aromatic carbocycles. The van der Waals surface area contributed by atoms with Crippen LogP contribution in [-0.4, -0.2) is 28.6 Å². The molecule has 0 aliphatic carbocycles. The number of rotatable bonds is 6. The van der Waals surface area contributed by atoms with Gasteiger partial charge in [0.15, 0.2) is 17.5 Å². The quantitative estimate of drug-likeness (QED) is 0.433. The van der Waals surface area contributed by atoms with Crippen molar-refractivity contribution < 1.29 is 13.5 Å². The molecule has 158 valence electrons. The number of hydrogen-bond donors (Lipinski definition) is 1. The van der Waals surface area contributed by atoms with Crippen LogP contribution in [0.2, 0.25) is 0 Å². The van der Waals surface area contributed by atoms with E-state index in [0.29, 0.717) is 46.3 Å². The van der Waals surface area contributed by atoms with Crippen molar-refractivity contribution in [3.8, 4) is 28.3 Å². The summed E-state index contributed by atoms with van der Waals surface area (Å²) in [6, 6.07) is 11.2. The number of nitrogens with one attached hydrogen (secondary N) is 1. The zero-order chi connectivity index (χ0) is 22.0. The van der Waals surface area contributed by atoms with Crippen LogP contribution >= 0.6 is 0 Å². The molecule has 2 heterocycles. The average molecular weight is 420 g/mol. The maximum absolute atomic E-state index is 14.5. The maximum atomic E-state index is 14.5. The Morgan fingerprint density at radius 2 is 1.87 bits per heavy atom. The lowest BCUT2D eigenvalue weighted by molar-refractivity contribution is 0.419. The van der Waals surface area contributed by atoms with Crippen molar-refractivity contribution in [3.63, 3.8) is 0 Å². The second-order valence-electron chi connectivity index (χ2n) is 7.59. The fourth-order valence-electron chi connectivity index (χ4n) is 3.30. The fourth-order valence-corrected chi connectivity index (χ4v) is 3.30. The highest BCUT2D eigenvalue weighted by molar-refractivity contribution is 5.98. The van der Waals surface area contributed by atoms with Gasteiger partial charge in [-0.2, -0.15) is 0 Å². The first-order valence-corrected chi connectivity index (χ1v) is 9.96. The minimum absolute atomic E-state index is 0.145. The van der Waals surface area contributed by atoms with Crippen molar-refractivity contribution >= 4 is 16.7 Å². The number of pyridine rings is 1. The van der Waals surface area contributed by atoms with Gasteiger partial charge in [0, 0.05) is 35.5 Å². The third-order valence-electron chi connectivity index (χ3n) is 4.85. The Hall–Kier alpha value is -3.61. The van der Waals surface area contributed by atoms with E-state index in [4.69, 9.17) is 14.7 Å². The summed E-state index contributed by atoms with van der Waals surface area (Å²) < 4.78 is 33.9. The zero-order valence-electron chi connectivity index (χ0n) is 17.5. The first-order chi connectivity index (χ1) is 15.0. The van der Waals surface area contributed by atoms with Gasteiger partial charge < -0.3 is 10.1 Å². The molecule has 0 fully saturated rings. The lowest BCUT2D eigenvalue weighted by Crippen LogP contribution is -2.11. The molecule has 0 atom stereocenters. The molecule has 1 N–H and O–H groups in total. The van der Waals surface area contributed by atoms with Crippen molar-refractivity contribution in [3.05, 3.63) is 66.5 Å². The lowest BCUT2D eigenvalue weighted by Gasteiger charge is -2.16. The minimum atomic E-state index is -0.909. The number of anilines is 1. The molecule has 0 saturated carbocycles. The third-order valence-corrected chi connectivity index (χ3v) is 4.85. The number of nitrogens with zero attached hydrogens (tertiary/aromatic N) is 3. The number of hydrogen-bond acceptors (Lipinski definition) is 5. The molecule has 4 rings (SSSR count). The van der Waals surface area contributed by atoms with Crippen molar-refractivity contribution in [1.82, 2.24) is 15.0 Å². The largest absolute Gasteiger partial charge is 0.494 e. The Labute approximate surface area is 179 Å². The van der Waals surface area contributed by atoms with E-state index in [9.17, 15) is 8.78 Å². The molecule has 0 amide bonds. The molecule has 0 bridgehead atoms. The Bertz CT molecular complexity index is 1230. The Morgan fingerprint density at radius 3 is 2.58 bits per heavy atom. The minimum Gasteiger partial charge on any atom is -0.494 e. The molecular weight excluding hydrogens is 398 g/mol. The van der Waals surface area contributed by atoms with E-state index in [1.54, 1.807) is 24.5 Å². The van der Waals surface area contributed by atoms with Crippen molar-refractivity contribution in [2.24, 2.45) is 5.92 Å². The number of methoxy groups -OCH3 is 1. The zero-order valence-corrected chi connectivity index (χ0v) is 17.5. The van der Waals surface area contributed by atoms with Gasteiger partial charge in [-0.3, -0.25) is 4.98 Å². The second kappa shape index (κ2) is 8.63. The number of aromatic nitrogens is 3. The summed E-state index contributed by atoms with van der Waals surface area (Å²) in [5.74, 6) is 0.0876. The van der Waals surface area contributed by atoms with Gasteiger partial charge in [0.25, 0.3) is 0 Å². The molecule has 0 unspecified atom stereocenters. The van der Waals surface area contributed by atoms with Crippen LogP contribution in [0.3, 0.4) is 0 Å². The number of halogens is 2. The van der Waals surface area contributed by atoms with Crippen LogP contribution in [0.15, 0.2) is 54.9 Å². The van der Waals surface area contributed by atoms with E-state index < -0.39 is 11.6 Å². The van der Waals surface area contributed by atoms with E-state index in [1.165, 1.54) is 19.2 Å². The van der Waals surface area contributed by atoms with Gasteiger partial charge in [0.1, 0.15) is 17.1 Å². The predicted molar refractivity (Wildman–Crippen MR) is 118 cm³/mol. The third kappa shape index (κ3) is 4.17. The van der Waals surface area contributed by atoms with Gasteiger partial charge >= 0.3 is 0 Å². The highest BCUT2D eigenvalue weighted by Crippen LogP contribution is 2.37. The van der Waals surface area contributed by atoms with E-state index in [2.05, 4.69) is 24.1 Å². The van der Waals surface area contributed by atoms with Crippen molar-refractivity contribution in [2.75, 3.05) is 19.0 Å². The number of benzene rings is 2. The Morgan fingerprint density at radius 1 is 1.03 bits per heavy atom. The average Bonchev–Trinajstić information content (AvgIpc) is 2.79. The van der Waals surface area contributed by atoms with Crippen molar-refractivity contribution in [1.29, 1.82) is 0 Å². The van der Waals surface area contributed by atoms with Gasteiger partial charge in [-0.15, -0.1) is 0 Å². The molecule has 0 saturated heterocycles. The predicted octanol–water partition coefficient (Wildman–Crippen LogP) is 5.71. The molecule has 5 nitrogen and oxygen atoms in total. The summed E-state index contributed by atoms with van der Waals surface area (Å²) in [4.78, 5) is 13.6. The first kappa shape index (κ1) is 20.7. The topological polar surface area (TPSA) is 59.9 Å². The fraction of sp³-hybridized carbons (Fsp3) is 0.208. The molecule has 0 spiro atoms. The number of fused-ring (bicyclic) bond motifs is 1. The van der Waals surface area contributed by atoms with Gasteiger partial charge in [-0.25, -0.2) is 18.7 Å². The van der Waals surface area contributed by atoms with Crippen LogP contribution in [0.25, 0.3) is 33.4 Å². The molecule has 7 heteroatoms. The van der Waals surface area contributed by atoms with Crippen molar-refractivity contribution in [2.45, 2.75) is 13.8 Å². The molecule has 0 aliphatic heterocycles. The van der Waals surface area contributed by atoms with E-state index >= 15 is 0 Å².